The topological polar surface area (TPSA) is 35.5 Å². The lowest BCUT2D eigenvalue weighted by molar-refractivity contribution is -0.162. The molecule has 3 rings (SSSR count). The highest BCUT2D eigenvalue weighted by Crippen LogP contribution is 2.36. The van der Waals surface area contributed by atoms with E-state index in [0.717, 1.165) is 56.1 Å². The molecule has 0 atom stereocenters. The highest BCUT2D eigenvalue weighted by molar-refractivity contribution is 5.91. The first-order chi connectivity index (χ1) is 13.4. The summed E-state index contributed by atoms with van der Waals surface area (Å²) in [4.78, 5) is 12.4. The van der Waals surface area contributed by atoms with E-state index in [4.69, 9.17) is 9.47 Å². The molecule has 28 heavy (non-hydrogen) atoms. The van der Waals surface area contributed by atoms with Crippen LogP contribution in [0, 0.1) is 5.41 Å². The third-order valence-corrected chi connectivity index (χ3v) is 6.43. The minimum absolute atomic E-state index is 0.0362. The second-order valence-electron chi connectivity index (χ2n) is 8.97. The van der Waals surface area contributed by atoms with E-state index < -0.39 is 0 Å². The van der Waals surface area contributed by atoms with Crippen molar-refractivity contribution in [2.45, 2.75) is 78.2 Å². The molecule has 152 valence electrons. The predicted molar refractivity (Wildman–Crippen MR) is 115 cm³/mol. The van der Waals surface area contributed by atoms with Crippen LogP contribution < -0.4 is 4.74 Å². The van der Waals surface area contributed by atoms with Gasteiger partial charge < -0.3 is 9.47 Å². The second kappa shape index (κ2) is 8.55. The number of carbonyl (C=O) groups is 1. The monoisotopic (exact) mass is 382 g/mol. The summed E-state index contributed by atoms with van der Waals surface area (Å²) in [6.45, 7) is 8.90. The molecule has 0 bridgehead atoms. The molecule has 0 radical (unpaired) electrons. The van der Waals surface area contributed by atoms with Gasteiger partial charge in [0.25, 0.3) is 0 Å². The van der Waals surface area contributed by atoms with Gasteiger partial charge in [0.1, 0.15) is 11.4 Å². The lowest BCUT2D eigenvalue weighted by atomic mass is 9.82. The molecule has 3 heteroatoms. The van der Waals surface area contributed by atoms with Crippen LogP contribution in [0.25, 0.3) is 10.8 Å². The Bertz CT molecular complexity index is 816. The number of hydrogen-bond acceptors (Lipinski definition) is 3. The van der Waals surface area contributed by atoms with Crippen LogP contribution in [0.5, 0.6) is 5.75 Å². The van der Waals surface area contributed by atoms with Gasteiger partial charge in [-0.15, -0.1) is 0 Å². The Kier molecular flexibility index (Phi) is 6.32. The molecule has 0 N–H and O–H groups in total. The lowest BCUT2D eigenvalue weighted by Crippen LogP contribution is -2.33. The van der Waals surface area contributed by atoms with Crippen molar-refractivity contribution in [2.75, 3.05) is 6.61 Å². The normalized spacial score (nSPS) is 16.3. The Balaban J connectivity index is 1.74. The first kappa shape index (κ1) is 20.7. The Morgan fingerprint density at radius 1 is 1.04 bits per heavy atom. The van der Waals surface area contributed by atoms with Gasteiger partial charge in [-0.25, -0.2) is 4.79 Å². The Hall–Kier alpha value is -2.03. The molecular formula is C25H34O3. The highest BCUT2D eigenvalue weighted by Gasteiger charge is 2.35. The number of hydrogen-bond donors (Lipinski definition) is 0. The zero-order valence-corrected chi connectivity index (χ0v) is 17.8. The molecule has 0 aromatic heterocycles. The zero-order valence-electron chi connectivity index (χ0n) is 17.8. The third kappa shape index (κ3) is 4.68. The van der Waals surface area contributed by atoms with Crippen LogP contribution in [-0.2, 0) is 16.0 Å². The van der Waals surface area contributed by atoms with Crippen LogP contribution in [-0.4, -0.2) is 18.2 Å². The molecule has 1 aliphatic rings. The number of rotatable bonds is 8. The summed E-state index contributed by atoms with van der Waals surface area (Å²) in [5.74, 6) is 0.492. The average Bonchev–Trinajstić information content (AvgIpc) is 3.15. The van der Waals surface area contributed by atoms with E-state index in [1.165, 1.54) is 10.9 Å². The summed E-state index contributed by atoms with van der Waals surface area (Å²) in [7, 11) is 0. The van der Waals surface area contributed by atoms with E-state index in [-0.39, 0.29) is 23.6 Å². The van der Waals surface area contributed by atoms with E-state index >= 15 is 0 Å². The summed E-state index contributed by atoms with van der Waals surface area (Å²) in [5, 5.41) is 2.27. The largest absolute Gasteiger partial charge is 0.481 e. The van der Waals surface area contributed by atoms with Gasteiger partial charge in [0, 0.05) is 5.39 Å². The van der Waals surface area contributed by atoms with E-state index in [9.17, 15) is 4.79 Å². The molecule has 1 fully saturated rings. The van der Waals surface area contributed by atoms with Gasteiger partial charge in [-0.2, -0.15) is 0 Å². The standard InChI is InChI=1S/C25H34O3/c1-5-24(3,4)17-19-11-9-13-21-20(19)12-10-14-22(21)27-18-23(26)28-25(6-2)15-7-8-16-25/h9-14H,5-8,15-18H2,1-4H3. The van der Waals surface area contributed by atoms with Crippen LogP contribution in [0.2, 0.25) is 0 Å². The molecule has 0 saturated heterocycles. The van der Waals surface area contributed by atoms with Gasteiger partial charge in [0.15, 0.2) is 6.61 Å². The Labute approximate surface area is 169 Å². The van der Waals surface area contributed by atoms with Crippen LogP contribution in [0.1, 0.15) is 71.8 Å². The summed E-state index contributed by atoms with van der Waals surface area (Å²) >= 11 is 0. The Morgan fingerprint density at radius 2 is 1.71 bits per heavy atom. The van der Waals surface area contributed by atoms with Crippen molar-refractivity contribution in [2.24, 2.45) is 5.41 Å². The molecule has 2 aromatic carbocycles. The van der Waals surface area contributed by atoms with Crippen LogP contribution in [0.3, 0.4) is 0 Å². The van der Waals surface area contributed by atoms with E-state index in [1.807, 2.05) is 12.1 Å². The quantitative estimate of drug-likeness (QED) is 0.491. The number of esters is 1. The molecule has 2 aromatic rings. The van der Waals surface area contributed by atoms with Crippen molar-refractivity contribution in [3.63, 3.8) is 0 Å². The summed E-state index contributed by atoms with van der Waals surface area (Å²) < 4.78 is 11.7. The van der Waals surface area contributed by atoms with Gasteiger partial charge in [-0.3, -0.25) is 0 Å². The summed E-state index contributed by atoms with van der Waals surface area (Å²) in [6, 6.07) is 12.4. The molecule has 1 saturated carbocycles. The summed E-state index contributed by atoms with van der Waals surface area (Å²) in [6.07, 6.45) is 7.25. The SMILES string of the molecule is CCC(C)(C)Cc1cccc2c(OCC(=O)OC3(CC)CCCC3)cccc12. The molecular weight excluding hydrogens is 348 g/mol. The zero-order chi connectivity index (χ0) is 20.2. The van der Waals surface area contributed by atoms with Crippen molar-refractivity contribution < 1.29 is 14.3 Å². The van der Waals surface area contributed by atoms with Crippen molar-refractivity contribution in [1.29, 1.82) is 0 Å². The van der Waals surface area contributed by atoms with Gasteiger partial charge >= 0.3 is 5.97 Å². The maximum Gasteiger partial charge on any atom is 0.344 e. The molecule has 0 unspecified atom stereocenters. The van der Waals surface area contributed by atoms with Crippen molar-refractivity contribution in [1.82, 2.24) is 0 Å². The fourth-order valence-corrected chi connectivity index (χ4v) is 4.22. The first-order valence-electron chi connectivity index (χ1n) is 10.7. The average molecular weight is 383 g/mol. The fourth-order valence-electron chi connectivity index (χ4n) is 4.22. The molecule has 0 aliphatic heterocycles. The van der Waals surface area contributed by atoms with Crippen LogP contribution >= 0.6 is 0 Å². The minimum atomic E-state index is -0.266. The molecule has 0 spiro atoms. The van der Waals surface area contributed by atoms with E-state index in [0.29, 0.717) is 0 Å². The highest BCUT2D eigenvalue weighted by atomic mass is 16.6. The van der Waals surface area contributed by atoms with Crippen LogP contribution in [0.4, 0.5) is 0 Å². The van der Waals surface area contributed by atoms with Crippen LogP contribution in [0.15, 0.2) is 36.4 Å². The molecule has 0 amide bonds. The van der Waals surface area contributed by atoms with Gasteiger partial charge in [-0.1, -0.05) is 64.4 Å². The summed E-state index contributed by atoms with van der Waals surface area (Å²) in [5.41, 5.74) is 1.32. The number of carbonyl (C=O) groups excluding carboxylic acids is 1. The second-order valence-corrected chi connectivity index (χ2v) is 8.97. The number of benzene rings is 2. The maximum atomic E-state index is 12.4. The smallest absolute Gasteiger partial charge is 0.344 e. The predicted octanol–water partition coefficient (Wildman–Crippen LogP) is 6.46. The fraction of sp³-hybridized carbons (Fsp3) is 0.560. The molecule has 1 aliphatic carbocycles. The van der Waals surface area contributed by atoms with E-state index in [1.54, 1.807) is 0 Å². The van der Waals surface area contributed by atoms with Crippen molar-refractivity contribution in [3.05, 3.63) is 42.0 Å². The molecule has 3 nitrogen and oxygen atoms in total. The maximum absolute atomic E-state index is 12.4. The minimum Gasteiger partial charge on any atom is -0.481 e. The third-order valence-electron chi connectivity index (χ3n) is 6.43. The van der Waals surface area contributed by atoms with Gasteiger partial charge in [0.2, 0.25) is 0 Å². The van der Waals surface area contributed by atoms with Gasteiger partial charge in [0.05, 0.1) is 0 Å². The molecule has 0 heterocycles. The number of fused-ring (bicyclic) bond motifs is 1. The number of ether oxygens (including phenoxy) is 2. The van der Waals surface area contributed by atoms with Crippen molar-refractivity contribution in [3.8, 4) is 5.75 Å². The van der Waals surface area contributed by atoms with E-state index in [2.05, 4.69) is 52.0 Å². The first-order valence-corrected chi connectivity index (χ1v) is 10.7. The van der Waals surface area contributed by atoms with Crippen molar-refractivity contribution >= 4 is 16.7 Å². The lowest BCUT2D eigenvalue weighted by Gasteiger charge is -2.27. The van der Waals surface area contributed by atoms with Gasteiger partial charge in [-0.05, 0) is 61.0 Å². The Morgan fingerprint density at radius 3 is 2.39 bits per heavy atom.